The van der Waals surface area contributed by atoms with Gasteiger partial charge in [0.05, 0.1) is 12.6 Å². The van der Waals surface area contributed by atoms with E-state index in [1.165, 1.54) is 24.0 Å². The number of aryl methyl sites for hydroxylation is 1. The fraction of sp³-hybridized carbons (Fsp3) is 0.611. The molecule has 2 rings (SSSR count). The second-order valence-corrected chi connectivity index (χ2v) is 6.78. The van der Waals surface area contributed by atoms with Crippen LogP contribution in [0, 0.1) is 12.8 Å². The van der Waals surface area contributed by atoms with Crippen LogP contribution in [0.2, 0.25) is 0 Å². The van der Waals surface area contributed by atoms with E-state index in [9.17, 15) is 0 Å². The number of likely N-dealkylation sites (tertiary alicyclic amines) is 1. The van der Waals surface area contributed by atoms with Crippen molar-refractivity contribution < 1.29 is 0 Å². The van der Waals surface area contributed by atoms with Gasteiger partial charge in [0.1, 0.15) is 0 Å². The molecule has 0 spiro atoms. The van der Waals surface area contributed by atoms with E-state index in [1.807, 2.05) is 0 Å². The molecule has 0 aliphatic carbocycles. The summed E-state index contributed by atoms with van der Waals surface area (Å²) >= 11 is 0. The fourth-order valence-corrected chi connectivity index (χ4v) is 3.03. The third-order valence-electron chi connectivity index (χ3n) is 4.49. The Morgan fingerprint density at radius 2 is 2.05 bits per heavy atom. The van der Waals surface area contributed by atoms with Gasteiger partial charge in [0, 0.05) is 13.1 Å². The minimum atomic E-state index is 0.265. The van der Waals surface area contributed by atoms with E-state index in [0.717, 1.165) is 13.1 Å². The van der Waals surface area contributed by atoms with Crippen molar-refractivity contribution in [2.45, 2.75) is 32.7 Å². The molecule has 4 heteroatoms. The lowest BCUT2D eigenvalue weighted by molar-refractivity contribution is 0.267. The first-order valence-electron chi connectivity index (χ1n) is 8.25. The zero-order valence-corrected chi connectivity index (χ0v) is 14.4. The molecule has 1 aromatic carbocycles. The predicted molar refractivity (Wildman–Crippen MR) is 94.1 cm³/mol. The molecule has 2 atom stereocenters. The summed E-state index contributed by atoms with van der Waals surface area (Å²) in [6, 6.07) is 8.96. The van der Waals surface area contributed by atoms with Crippen LogP contribution >= 0.6 is 0 Å². The zero-order chi connectivity index (χ0) is 16.1. The second-order valence-electron chi connectivity index (χ2n) is 6.78. The van der Waals surface area contributed by atoms with Gasteiger partial charge in [-0.05, 0) is 45.3 Å². The van der Waals surface area contributed by atoms with Crippen molar-refractivity contribution in [1.82, 2.24) is 9.80 Å². The summed E-state index contributed by atoms with van der Waals surface area (Å²) in [5, 5.41) is 0. The molecular weight excluding hydrogens is 272 g/mol. The number of benzene rings is 1. The summed E-state index contributed by atoms with van der Waals surface area (Å²) in [5.41, 5.74) is 8.79. The summed E-state index contributed by atoms with van der Waals surface area (Å²) in [5.74, 6) is 1.41. The van der Waals surface area contributed by atoms with Gasteiger partial charge in [-0.25, -0.2) is 0 Å². The van der Waals surface area contributed by atoms with E-state index in [4.69, 9.17) is 5.73 Å². The van der Waals surface area contributed by atoms with E-state index >= 15 is 0 Å². The van der Waals surface area contributed by atoms with Gasteiger partial charge in [-0.15, -0.1) is 0 Å². The largest absolute Gasteiger partial charge is 0.370 e. The summed E-state index contributed by atoms with van der Waals surface area (Å²) in [4.78, 5) is 9.12. The second kappa shape index (κ2) is 7.63. The van der Waals surface area contributed by atoms with Crippen molar-refractivity contribution in [3.63, 3.8) is 0 Å². The molecule has 1 aliphatic heterocycles. The Morgan fingerprint density at radius 3 is 2.64 bits per heavy atom. The molecule has 0 amide bonds. The van der Waals surface area contributed by atoms with E-state index in [2.05, 4.69) is 67.0 Å². The number of nitrogens with two attached hydrogens (primary N) is 1. The highest BCUT2D eigenvalue weighted by Gasteiger charge is 2.19. The van der Waals surface area contributed by atoms with Crippen LogP contribution in [-0.2, 0) is 0 Å². The van der Waals surface area contributed by atoms with Gasteiger partial charge in [-0.3, -0.25) is 4.99 Å². The van der Waals surface area contributed by atoms with Crippen molar-refractivity contribution in [2.75, 3.05) is 33.7 Å². The van der Waals surface area contributed by atoms with Crippen molar-refractivity contribution in [3.8, 4) is 0 Å². The molecule has 1 heterocycles. The van der Waals surface area contributed by atoms with Crippen LogP contribution in [0.15, 0.2) is 29.3 Å². The molecule has 0 aromatic heterocycles. The highest BCUT2D eigenvalue weighted by Crippen LogP contribution is 2.20. The molecular formula is C18H30N4. The van der Waals surface area contributed by atoms with Crippen LogP contribution in [0.4, 0.5) is 0 Å². The van der Waals surface area contributed by atoms with Gasteiger partial charge in [0.2, 0.25) is 0 Å². The number of guanidine groups is 1. The topological polar surface area (TPSA) is 44.9 Å². The highest BCUT2D eigenvalue weighted by atomic mass is 15.3. The molecule has 0 bridgehead atoms. The predicted octanol–water partition coefficient (Wildman–Crippen LogP) is 2.64. The van der Waals surface area contributed by atoms with Crippen LogP contribution in [-0.4, -0.2) is 49.5 Å². The molecule has 4 nitrogen and oxygen atoms in total. The average molecular weight is 302 g/mol. The normalized spacial score (nSPS) is 21.2. The molecule has 1 aromatic rings. The lowest BCUT2D eigenvalue weighted by Gasteiger charge is -2.32. The maximum atomic E-state index is 6.22. The van der Waals surface area contributed by atoms with Crippen LogP contribution in [0.25, 0.3) is 0 Å². The Morgan fingerprint density at radius 1 is 1.36 bits per heavy atom. The van der Waals surface area contributed by atoms with E-state index in [-0.39, 0.29) is 6.04 Å². The molecule has 2 N–H and O–H groups in total. The van der Waals surface area contributed by atoms with Crippen molar-refractivity contribution in [1.29, 1.82) is 0 Å². The van der Waals surface area contributed by atoms with Crippen LogP contribution in [0.1, 0.15) is 36.9 Å². The molecule has 0 radical (unpaired) electrons. The van der Waals surface area contributed by atoms with E-state index < -0.39 is 0 Å². The van der Waals surface area contributed by atoms with E-state index in [0.29, 0.717) is 18.4 Å². The molecule has 1 fully saturated rings. The van der Waals surface area contributed by atoms with Gasteiger partial charge in [0.25, 0.3) is 0 Å². The number of aliphatic imine (C=N–C) groups is 1. The summed E-state index contributed by atoms with van der Waals surface area (Å²) in [6.07, 6.45) is 2.51. The zero-order valence-electron chi connectivity index (χ0n) is 14.4. The monoisotopic (exact) mass is 302 g/mol. The van der Waals surface area contributed by atoms with Gasteiger partial charge in [0.15, 0.2) is 5.96 Å². The van der Waals surface area contributed by atoms with Gasteiger partial charge in [-0.1, -0.05) is 36.8 Å². The van der Waals surface area contributed by atoms with Crippen molar-refractivity contribution in [3.05, 3.63) is 35.4 Å². The Balaban J connectivity index is 2.04. The molecule has 2 unspecified atom stereocenters. The number of nitrogens with zero attached hydrogens (tertiary/aromatic N) is 3. The number of hydrogen-bond acceptors (Lipinski definition) is 2. The smallest absolute Gasteiger partial charge is 0.191 e. The number of hydrogen-bond donors (Lipinski definition) is 1. The molecule has 122 valence electrons. The first-order valence-corrected chi connectivity index (χ1v) is 8.25. The molecule has 0 saturated carbocycles. The lowest BCUT2D eigenvalue weighted by Crippen LogP contribution is -2.43. The first kappa shape index (κ1) is 16.8. The Bertz CT molecular complexity index is 492. The van der Waals surface area contributed by atoms with Crippen molar-refractivity contribution >= 4 is 5.96 Å². The minimum absolute atomic E-state index is 0.265. The maximum Gasteiger partial charge on any atom is 0.191 e. The highest BCUT2D eigenvalue weighted by molar-refractivity contribution is 5.78. The lowest BCUT2D eigenvalue weighted by atomic mass is 10.0. The van der Waals surface area contributed by atoms with E-state index in [1.54, 1.807) is 0 Å². The minimum Gasteiger partial charge on any atom is -0.370 e. The van der Waals surface area contributed by atoms with Gasteiger partial charge >= 0.3 is 0 Å². The maximum absolute atomic E-state index is 6.22. The number of likely N-dealkylation sites (N-methyl/N-ethyl adjacent to an activating group) is 1. The molecule has 1 aliphatic rings. The third kappa shape index (κ3) is 4.47. The van der Waals surface area contributed by atoms with Crippen LogP contribution in [0.5, 0.6) is 0 Å². The first-order chi connectivity index (χ1) is 10.5. The molecule has 22 heavy (non-hydrogen) atoms. The van der Waals surface area contributed by atoms with Crippen LogP contribution in [0.3, 0.4) is 0 Å². The van der Waals surface area contributed by atoms with Gasteiger partial charge in [-0.2, -0.15) is 0 Å². The Kier molecular flexibility index (Phi) is 5.83. The molecule has 1 saturated heterocycles. The number of rotatable bonds is 4. The Hall–Kier alpha value is -1.55. The quantitative estimate of drug-likeness (QED) is 0.687. The SMILES string of the molecule is Cc1ccc(C(CN=C(N)N2CCCC(C)C2)N(C)C)cc1. The standard InChI is InChI=1S/C18H30N4/c1-14-7-9-16(10-8-14)17(21(3)4)12-20-18(19)22-11-5-6-15(2)13-22/h7-10,15,17H,5-6,11-13H2,1-4H3,(H2,19,20). The Labute approximate surface area is 135 Å². The van der Waals surface area contributed by atoms with Crippen molar-refractivity contribution in [2.24, 2.45) is 16.6 Å². The summed E-state index contributed by atoms with van der Waals surface area (Å²) in [7, 11) is 4.19. The average Bonchev–Trinajstić information content (AvgIpc) is 2.48. The van der Waals surface area contributed by atoms with Crippen LogP contribution < -0.4 is 5.73 Å². The summed E-state index contributed by atoms with van der Waals surface area (Å²) < 4.78 is 0. The third-order valence-corrected chi connectivity index (χ3v) is 4.49. The number of piperidine rings is 1. The fourth-order valence-electron chi connectivity index (χ4n) is 3.03. The van der Waals surface area contributed by atoms with Gasteiger partial charge < -0.3 is 15.5 Å². The summed E-state index contributed by atoms with van der Waals surface area (Å²) in [6.45, 7) is 7.17.